The molecule has 0 radical (unpaired) electrons. The van der Waals surface area contributed by atoms with Crippen LogP contribution in [0.3, 0.4) is 0 Å². The number of phenolic OH excluding ortho intramolecular Hbond substituents is 2. The number of hydrogen-bond acceptors (Lipinski definition) is 13. The molecule has 1 aromatic carbocycles. The van der Waals surface area contributed by atoms with Crippen LogP contribution in [-0.2, 0) is 24.0 Å². The first-order chi connectivity index (χ1) is 23.5. The number of carbonyl (C=O) groups excluding carboxylic acids is 4. The summed E-state index contributed by atoms with van der Waals surface area (Å²) in [7, 11) is 2.06. The van der Waals surface area contributed by atoms with Gasteiger partial charge in [0.15, 0.2) is 28.6 Å². The highest BCUT2D eigenvalue weighted by Gasteiger charge is 2.57. The van der Waals surface area contributed by atoms with Crippen molar-refractivity contribution in [3.63, 3.8) is 0 Å². The molecule has 1 aromatic heterocycles. The lowest BCUT2D eigenvalue weighted by molar-refractivity contribution is -0.921. The molecule has 4 heterocycles. The zero-order valence-electron chi connectivity index (χ0n) is 27.1. The summed E-state index contributed by atoms with van der Waals surface area (Å²) in [5.41, 5.74) is 4.28. The number of fused-ring (bicyclic) bond motifs is 3. The van der Waals surface area contributed by atoms with Crippen LogP contribution in [0.15, 0.2) is 33.9 Å². The zero-order valence-corrected chi connectivity index (χ0v) is 28.7. The molecule has 50 heavy (non-hydrogen) atoms. The maximum Gasteiger partial charge on any atom is 0.350 e. The minimum Gasteiger partial charge on any atom is -0.504 e. The first-order valence-corrected chi connectivity index (χ1v) is 17.5. The van der Waals surface area contributed by atoms with Crippen molar-refractivity contribution in [3.05, 3.63) is 45.9 Å². The minimum absolute atomic E-state index is 0.0346. The molecule has 3 fully saturated rings. The smallest absolute Gasteiger partial charge is 0.350 e. The SMILES string of the molecule is CC(C)(O/N=C(\C(=O)N[C@@H]1C(=O)N2C(C=O)=C(C[N+]3(C)CC4C[C@@H]3C[C@@H]4NC(=O)c3cc(O)c(O)cc3F)CS[C@H]12)c1csc(N)n1)C(=O)O. The number of rotatable bonds is 11. The number of aromatic hydroxyl groups is 2. The van der Waals surface area contributed by atoms with Crippen LogP contribution >= 0.6 is 23.1 Å². The number of thioether (sulfide) groups is 1. The second kappa shape index (κ2) is 12.9. The summed E-state index contributed by atoms with van der Waals surface area (Å²) in [6.45, 7) is 3.65. The van der Waals surface area contributed by atoms with Crippen LogP contribution in [0.4, 0.5) is 9.52 Å². The Hall–Kier alpha value is -4.75. The molecule has 16 nitrogen and oxygen atoms in total. The number of amides is 3. The van der Waals surface area contributed by atoms with E-state index in [0.717, 1.165) is 29.4 Å². The van der Waals surface area contributed by atoms with E-state index in [4.69, 9.17) is 10.6 Å². The number of aldehydes is 1. The normalized spacial score (nSPS) is 27.4. The topological polar surface area (TPSA) is 234 Å². The molecule has 1 aliphatic carbocycles. The first-order valence-electron chi connectivity index (χ1n) is 15.5. The number of anilines is 1. The maximum atomic E-state index is 14.3. The van der Waals surface area contributed by atoms with Crippen molar-refractivity contribution in [2.45, 2.75) is 55.8 Å². The summed E-state index contributed by atoms with van der Waals surface area (Å²) in [4.78, 5) is 74.1. The van der Waals surface area contributed by atoms with Gasteiger partial charge >= 0.3 is 5.97 Å². The summed E-state index contributed by atoms with van der Waals surface area (Å²) in [5.74, 6) is -5.05. The van der Waals surface area contributed by atoms with E-state index in [0.29, 0.717) is 42.1 Å². The number of thiazole rings is 1. The van der Waals surface area contributed by atoms with Gasteiger partial charge in [0.1, 0.15) is 29.5 Å². The van der Waals surface area contributed by atoms with Gasteiger partial charge in [-0.1, -0.05) is 5.16 Å². The molecule has 7 N–H and O–H groups in total. The number of halogens is 1. The Morgan fingerprint density at radius 1 is 1.24 bits per heavy atom. The third-order valence-corrected chi connectivity index (χ3v) is 11.7. The van der Waals surface area contributed by atoms with E-state index < -0.39 is 58.0 Å². The van der Waals surface area contributed by atoms with Crippen molar-refractivity contribution in [1.82, 2.24) is 20.5 Å². The third kappa shape index (κ3) is 6.24. The summed E-state index contributed by atoms with van der Waals surface area (Å²) in [6, 6.07) is 0.471. The van der Waals surface area contributed by atoms with E-state index in [9.17, 15) is 43.7 Å². The molecule has 3 amide bonds. The fourth-order valence-corrected chi connectivity index (χ4v) is 8.90. The largest absolute Gasteiger partial charge is 0.504 e. The van der Waals surface area contributed by atoms with Crippen LogP contribution in [0.2, 0.25) is 0 Å². The Morgan fingerprint density at radius 2 is 1.96 bits per heavy atom. The van der Waals surface area contributed by atoms with Crippen LogP contribution < -0.4 is 16.4 Å². The predicted molar refractivity (Wildman–Crippen MR) is 177 cm³/mol. The number of nitrogens with one attached hydrogen (secondary N) is 2. The van der Waals surface area contributed by atoms with Gasteiger partial charge in [0.25, 0.3) is 17.7 Å². The molecular weight excluding hydrogens is 698 g/mol. The van der Waals surface area contributed by atoms with E-state index in [-0.39, 0.29) is 45.8 Å². The number of likely N-dealkylation sites (N-methyl/N-ethyl adjacent to an activating group) is 1. The van der Waals surface area contributed by atoms with Crippen LogP contribution in [0.25, 0.3) is 0 Å². The molecule has 6 rings (SSSR count). The third-order valence-electron chi connectivity index (χ3n) is 9.73. The predicted octanol–water partition coefficient (Wildman–Crippen LogP) is 0.750. The molecule has 2 saturated heterocycles. The van der Waals surface area contributed by atoms with Gasteiger partial charge in [-0.15, -0.1) is 23.1 Å². The van der Waals surface area contributed by atoms with Gasteiger partial charge in [0, 0.05) is 47.6 Å². The first kappa shape index (κ1) is 35.1. The van der Waals surface area contributed by atoms with Crippen molar-refractivity contribution in [2.24, 2.45) is 11.1 Å². The van der Waals surface area contributed by atoms with Crippen molar-refractivity contribution >= 4 is 63.9 Å². The molecule has 266 valence electrons. The van der Waals surface area contributed by atoms with Crippen LogP contribution in [0.1, 0.15) is 42.7 Å². The number of aromatic nitrogens is 1. The number of carbonyl (C=O) groups is 5. The van der Waals surface area contributed by atoms with Crippen molar-refractivity contribution in [3.8, 4) is 11.5 Å². The number of phenols is 2. The number of nitrogens with two attached hydrogens (primary N) is 1. The fourth-order valence-electron chi connectivity index (χ4n) is 7.00. The number of nitrogen functional groups attached to an aromatic ring is 1. The summed E-state index contributed by atoms with van der Waals surface area (Å²) >= 11 is 2.42. The number of oxime groups is 1. The van der Waals surface area contributed by atoms with Gasteiger partial charge in [0.2, 0.25) is 5.60 Å². The monoisotopic (exact) mass is 732 g/mol. The minimum atomic E-state index is -1.77. The highest BCUT2D eigenvalue weighted by molar-refractivity contribution is 8.00. The van der Waals surface area contributed by atoms with Crippen molar-refractivity contribution in [2.75, 3.05) is 31.6 Å². The van der Waals surface area contributed by atoms with E-state index in [1.165, 1.54) is 35.9 Å². The maximum absolute atomic E-state index is 14.3. The van der Waals surface area contributed by atoms with Gasteiger partial charge in [-0.25, -0.2) is 14.2 Å². The van der Waals surface area contributed by atoms with Crippen LogP contribution in [0, 0.1) is 11.7 Å². The number of likely N-dealkylation sites (tertiary alicyclic amines) is 1. The van der Waals surface area contributed by atoms with Gasteiger partial charge in [-0.3, -0.25) is 24.1 Å². The Kier molecular flexibility index (Phi) is 9.02. The molecule has 0 spiro atoms. The average Bonchev–Trinajstić information content (AvgIpc) is 3.75. The number of carboxylic acids is 1. The molecule has 6 atom stereocenters. The van der Waals surface area contributed by atoms with Crippen molar-refractivity contribution in [1.29, 1.82) is 0 Å². The highest BCUT2D eigenvalue weighted by atomic mass is 32.2. The standard InChI is InChI=1S/C31H34FN7O9S2/c1-31(2,29(46)47)48-37-23(19-12-50-30(33)35-19)26(44)36-24-27(45)38-20(10-40)14(11-49-28(24)38)9-39(3)8-13-4-15(39)5-18(13)34-25(43)16-6-21(41)22(42)7-17(16)32/h6-7,10,12-13,15,18,24,28H,4-5,8-9,11H2,1-3H3,(H6-,33,34,35,36,37,41,42,43,44,46,47)/p+1/t13?,15-,18+,24-,28-,39?/m1/s1. The number of benzene rings is 1. The van der Waals surface area contributed by atoms with E-state index in [1.807, 2.05) is 0 Å². The molecule has 2 unspecified atom stereocenters. The number of allylic oxidation sites excluding steroid dienone is 1. The number of β-lactam (4-membered cyclic amide) rings is 1. The number of quaternary nitrogens is 1. The molecule has 3 aliphatic heterocycles. The Labute approximate surface area is 292 Å². The lowest BCUT2D eigenvalue weighted by atomic mass is 9.98. The average molecular weight is 733 g/mol. The number of carboxylic acid groups (broad SMARTS) is 1. The molecule has 1 saturated carbocycles. The molecular formula is C31H35FN7O9S2+. The van der Waals surface area contributed by atoms with Gasteiger partial charge in [0.05, 0.1) is 30.9 Å². The van der Waals surface area contributed by atoms with Crippen LogP contribution in [0.5, 0.6) is 11.5 Å². The number of aliphatic carboxylic acids is 1. The zero-order chi connectivity index (χ0) is 36.3. The molecule has 2 aromatic rings. The second-order valence-corrected chi connectivity index (χ2v) is 15.5. The van der Waals surface area contributed by atoms with Gasteiger partial charge in [-0.05, 0) is 19.9 Å². The van der Waals surface area contributed by atoms with E-state index in [1.54, 1.807) is 0 Å². The van der Waals surface area contributed by atoms with Gasteiger partial charge in [-0.2, -0.15) is 0 Å². The number of piperidine rings is 1. The lowest BCUT2D eigenvalue weighted by Crippen LogP contribution is -2.71. The summed E-state index contributed by atoms with van der Waals surface area (Å²) in [6.07, 6.45) is 2.05. The second-order valence-electron chi connectivity index (χ2n) is 13.5. The molecule has 2 bridgehead atoms. The fraction of sp³-hybridized carbons (Fsp3) is 0.452. The molecule has 19 heteroatoms. The Morgan fingerprint density at radius 3 is 2.58 bits per heavy atom. The highest BCUT2D eigenvalue weighted by Crippen LogP contribution is 2.45. The van der Waals surface area contributed by atoms with Crippen LogP contribution in [-0.4, -0.2) is 120 Å². The van der Waals surface area contributed by atoms with E-state index >= 15 is 0 Å². The number of hydrogen-bond donors (Lipinski definition) is 6. The summed E-state index contributed by atoms with van der Waals surface area (Å²) in [5, 5.41) is 38.9. The van der Waals surface area contributed by atoms with E-state index in [2.05, 4.69) is 27.8 Å². The van der Waals surface area contributed by atoms with Crippen molar-refractivity contribution < 1.29 is 53.0 Å². The Bertz CT molecular complexity index is 1870. The quantitative estimate of drug-likeness (QED) is 0.0469. The molecule has 4 aliphatic rings. The summed E-state index contributed by atoms with van der Waals surface area (Å²) < 4.78 is 14.9. The lowest BCUT2D eigenvalue weighted by Gasteiger charge is -2.50. The Balaban J connectivity index is 1.11. The van der Waals surface area contributed by atoms with Gasteiger partial charge < -0.3 is 41.0 Å². The number of nitrogens with zero attached hydrogens (tertiary/aromatic N) is 4.